The molecule has 2 aromatic heterocycles. The van der Waals surface area contributed by atoms with Gasteiger partial charge >= 0.3 is 0 Å². The molecule has 3 aromatic rings. The van der Waals surface area contributed by atoms with E-state index in [2.05, 4.69) is 24.0 Å². The highest BCUT2D eigenvalue weighted by atomic mass is 16.5. The molecule has 0 atom stereocenters. The van der Waals surface area contributed by atoms with E-state index < -0.39 is 0 Å². The van der Waals surface area contributed by atoms with Crippen LogP contribution in [0.2, 0.25) is 0 Å². The Morgan fingerprint density at radius 2 is 1.71 bits per heavy atom. The number of hydrogen-bond donors (Lipinski definition) is 0. The molecule has 4 heterocycles. The fourth-order valence-corrected chi connectivity index (χ4v) is 4.55. The van der Waals surface area contributed by atoms with Crippen molar-refractivity contribution >= 4 is 22.8 Å². The van der Waals surface area contributed by atoms with Crippen LogP contribution >= 0.6 is 0 Å². The molecule has 34 heavy (non-hydrogen) atoms. The van der Waals surface area contributed by atoms with E-state index in [1.165, 1.54) is 4.80 Å². The van der Waals surface area contributed by atoms with Crippen LogP contribution in [-0.2, 0) is 35.6 Å². The zero-order valence-electron chi connectivity index (χ0n) is 19.8. The van der Waals surface area contributed by atoms with Crippen LogP contribution < -0.4 is 0 Å². The van der Waals surface area contributed by atoms with Gasteiger partial charge in [0.15, 0.2) is 5.69 Å². The average Bonchev–Trinajstić information content (AvgIpc) is 3.43. The number of benzene rings is 1. The zero-order chi connectivity index (χ0) is 23.7. The summed E-state index contributed by atoms with van der Waals surface area (Å²) in [6.07, 6.45) is 1.66. The first-order valence-electron chi connectivity index (χ1n) is 12.0. The summed E-state index contributed by atoms with van der Waals surface area (Å²) < 4.78 is 7.40. The first kappa shape index (κ1) is 22.5. The number of rotatable bonds is 6. The summed E-state index contributed by atoms with van der Waals surface area (Å²) in [7, 11) is 0. The summed E-state index contributed by atoms with van der Waals surface area (Å²) >= 11 is 0. The van der Waals surface area contributed by atoms with Gasteiger partial charge in [0.25, 0.3) is 5.91 Å². The van der Waals surface area contributed by atoms with Crippen molar-refractivity contribution in [1.29, 1.82) is 0 Å². The molecule has 1 fully saturated rings. The van der Waals surface area contributed by atoms with E-state index in [-0.39, 0.29) is 18.4 Å². The first-order valence-corrected chi connectivity index (χ1v) is 12.0. The van der Waals surface area contributed by atoms with Gasteiger partial charge in [-0.1, -0.05) is 26.0 Å². The largest absolute Gasteiger partial charge is 0.378 e. The van der Waals surface area contributed by atoms with Crippen LogP contribution in [0.3, 0.4) is 0 Å². The number of carbonyl (C=O) groups excluding carboxylic acids is 2. The Kier molecular flexibility index (Phi) is 6.32. The molecule has 2 amide bonds. The number of ether oxygens (including phenoxy) is 1. The van der Waals surface area contributed by atoms with Crippen molar-refractivity contribution in [2.24, 2.45) is 5.92 Å². The molecule has 2 aliphatic rings. The van der Waals surface area contributed by atoms with E-state index in [1.54, 1.807) is 9.80 Å². The Morgan fingerprint density at radius 1 is 1.00 bits per heavy atom. The fraction of sp³-hybridized carbons (Fsp3) is 0.542. The third-order valence-electron chi connectivity index (χ3n) is 6.51. The third-order valence-corrected chi connectivity index (χ3v) is 6.51. The Balaban J connectivity index is 1.37. The lowest BCUT2D eigenvalue weighted by Crippen LogP contribution is -2.42. The second-order valence-corrected chi connectivity index (χ2v) is 9.37. The van der Waals surface area contributed by atoms with Gasteiger partial charge in [-0.25, -0.2) is 0 Å². The minimum Gasteiger partial charge on any atom is -0.378 e. The average molecular weight is 466 g/mol. The van der Waals surface area contributed by atoms with Crippen LogP contribution in [0.1, 0.15) is 42.0 Å². The second kappa shape index (κ2) is 9.54. The molecular formula is C24H31N7O3. The molecule has 180 valence electrons. The summed E-state index contributed by atoms with van der Waals surface area (Å²) in [5.74, 6) is 0.403. The summed E-state index contributed by atoms with van der Waals surface area (Å²) in [5, 5.41) is 13.6. The van der Waals surface area contributed by atoms with Crippen LogP contribution in [0.4, 0.5) is 0 Å². The highest BCUT2D eigenvalue weighted by Gasteiger charge is 2.32. The van der Waals surface area contributed by atoms with E-state index in [4.69, 9.17) is 9.84 Å². The normalized spacial score (nSPS) is 16.3. The van der Waals surface area contributed by atoms with Gasteiger partial charge in [-0.05, 0) is 24.5 Å². The molecule has 0 bridgehead atoms. The van der Waals surface area contributed by atoms with E-state index in [0.29, 0.717) is 57.4 Å². The number of hydrogen-bond acceptors (Lipinski definition) is 6. The maximum atomic E-state index is 13.4. The van der Waals surface area contributed by atoms with E-state index in [0.717, 1.165) is 35.3 Å². The lowest BCUT2D eigenvalue weighted by Gasteiger charge is -2.29. The maximum Gasteiger partial charge on any atom is 0.274 e. The third kappa shape index (κ3) is 4.54. The monoisotopic (exact) mass is 465 g/mol. The molecule has 2 aliphatic heterocycles. The van der Waals surface area contributed by atoms with Crippen LogP contribution in [0, 0.1) is 5.92 Å². The van der Waals surface area contributed by atoms with Gasteiger partial charge in [0.1, 0.15) is 17.6 Å². The highest BCUT2D eigenvalue weighted by Crippen LogP contribution is 2.25. The van der Waals surface area contributed by atoms with Crippen molar-refractivity contribution in [3.05, 3.63) is 41.2 Å². The molecular weight excluding hydrogens is 434 g/mol. The molecule has 0 aliphatic carbocycles. The Morgan fingerprint density at radius 3 is 2.38 bits per heavy atom. The molecule has 1 aromatic carbocycles. The molecule has 1 saturated heterocycles. The first-order chi connectivity index (χ1) is 16.5. The van der Waals surface area contributed by atoms with Crippen LogP contribution in [0.5, 0.6) is 0 Å². The topological polar surface area (TPSA) is 98.4 Å². The molecule has 0 unspecified atom stereocenters. The van der Waals surface area contributed by atoms with Crippen molar-refractivity contribution in [3.8, 4) is 0 Å². The van der Waals surface area contributed by atoms with Crippen molar-refractivity contribution in [3.63, 3.8) is 0 Å². The van der Waals surface area contributed by atoms with Crippen molar-refractivity contribution in [2.45, 2.75) is 46.3 Å². The quantitative estimate of drug-likeness (QED) is 0.550. The van der Waals surface area contributed by atoms with Crippen molar-refractivity contribution in [1.82, 2.24) is 34.6 Å². The van der Waals surface area contributed by atoms with Crippen LogP contribution in [-0.4, -0.2) is 79.2 Å². The lowest BCUT2D eigenvalue weighted by molar-refractivity contribution is -0.133. The number of aromatic nitrogens is 5. The Labute approximate surface area is 198 Å². The number of morpholine rings is 1. The van der Waals surface area contributed by atoms with Gasteiger partial charge < -0.3 is 14.5 Å². The minimum absolute atomic E-state index is 0.0642. The van der Waals surface area contributed by atoms with Gasteiger partial charge in [0.2, 0.25) is 5.91 Å². The molecule has 0 radical (unpaired) electrons. The highest BCUT2D eigenvalue weighted by molar-refractivity contribution is 5.94. The number of nitrogens with zero attached hydrogens (tertiary/aromatic N) is 7. The molecule has 0 saturated carbocycles. The SMILES string of the molecule is CC(C)CCn1nc(C(=O)N2CCOCC2)c2c1CCN(C(=O)Cn1nc3ccccc3n1)C2. The predicted molar refractivity (Wildman–Crippen MR) is 125 cm³/mol. The van der Waals surface area contributed by atoms with Gasteiger partial charge in [0.05, 0.1) is 13.2 Å². The Hall–Kier alpha value is -3.27. The number of aryl methyl sites for hydroxylation is 1. The minimum atomic E-state index is -0.0721. The Bertz CT molecular complexity index is 1160. The number of carbonyl (C=O) groups is 2. The predicted octanol–water partition coefficient (Wildman–Crippen LogP) is 1.73. The second-order valence-electron chi connectivity index (χ2n) is 9.37. The fourth-order valence-electron chi connectivity index (χ4n) is 4.55. The molecule has 0 N–H and O–H groups in total. The summed E-state index contributed by atoms with van der Waals surface area (Å²) in [5.41, 5.74) is 3.95. The molecule has 10 heteroatoms. The van der Waals surface area contributed by atoms with Gasteiger partial charge in [-0.3, -0.25) is 14.3 Å². The number of amides is 2. The summed E-state index contributed by atoms with van der Waals surface area (Å²) in [4.78, 5) is 31.6. The van der Waals surface area contributed by atoms with Crippen LogP contribution in [0.25, 0.3) is 11.0 Å². The lowest BCUT2D eigenvalue weighted by atomic mass is 10.0. The zero-order valence-corrected chi connectivity index (χ0v) is 19.8. The van der Waals surface area contributed by atoms with E-state index >= 15 is 0 Å². The summed E-state index contributed by atoms with van der Waals surface area (Å²) in [6.45, 7) is 8.38. The van der Waals surface area contributed by atoms with E-state index in [9.17, 15) is 9.59 Å². The number of fused-ring (bicyclic) bond motifs is 2. The van der Waals surface area contributed by atoms with E-state index in [1.807, 2.05) is 28.9 Å². The van der Waals surface area contributed by atoms with Gasteiger partial charge in [-0.15, -0.1) is 0 Å². The summed E-state index contributed by atoms with van der Waals surface area (Å²) in [6, 6.07) is 7.57. The van der Waals surface area contributed by atoms with Gasteiger partial charge in [-0.2, -0.15) is 20.1 Å². The molecule has 10 nitrogen and oxygen atoms in total. The standard InChI is InChI=1S/C24H31N7O3/c1-17(2)7-10-30-21-8-9-29(22(32)16-31-25-19-5-3-4-6-20(19)26-31)15-18(21)23(27-30)24(33)28-11-13-34-14-12-28/h3-6,17H,7-16H2,1-2H3. The maximum absolute atomic E-state index is 13.4. The van der Waals surface area contributed by atoms with Crippen molar-refractivity contribution < 1.29 is 14.3 Å². The van der Waals surface area contributed by atoms with Crippen molar-refractivity contribution in [2.75, 3.05) is 32.8 Å². The van der Waals surface area contributed by atoms with Crippen LogP contribution in [0.15, 0.2) is 24.3 Å². The molecule has 5 rings (SSSR count). The molecule has 0 spiro atoms. The van der Waals surface area contributed by atoms with Gasteiger partial charge in [0, 0.05) is 50.4 Å². The smallest absolute Gasteiger partial charge is 0.274 e.